The summed E-state index contributed by atoms with van der Waals surface area (Å²) in [5, 5.41) is 2.81. The average molecular weight is 267 g/mol. The minimum absolute atomic E-state index is 0.00547. The van der Waals surface area contributed by atoms with E-state index in [2.05, 4.69) is 5.32 Å². The minimum Gasteiger partial charge on any atom is -0.493 e. The number of hydrogen-bond donors (Lipinski definition) is 1. The molecule has 0 saturated heterocycles. The Labute approximate surface area is 113 Å². The molecule has 1 atom stereocenters. The quantitative estimate of drug-likeness (QED) is 0.819. The lowest BCUT2D eigenvalue weighted by molar-refractivity contribution is 0.0695. The van der Waals surface area contributed by atoms with Gasteiger partial charge in [-0.3, -0.25) is 4.79 Å². The summed E-state index contributed by atoms with van der Waals surface area (Å²) in [5.74, 6) is 0.974. The van der Waals surface area contributed by atoms with Gasteiger partial charge in [0.05, 0.1) is 20.3 Å². The van der Waals surface area contributed by atoms with Gasteiger partial charge in [0.15, 0.2) is 11.5 Å². The fourth-order valence-corrected chi connectivity index (χ4v) is 1.66. The Morgan fingerprint density at radius 2 is 1.95 bits per heavy atom. The molecular weight excluding hydrogens is 246 g/mol. The highest BCUT2D eigenvalue weighted by atomic mass is 16.5. The van der Waals surface area contributed by atoms with Crippen LogP contribution in [0.1, 0.15) is 24.2 Å². The predicted molar refractivity (Wildman–Crippen MR) is 73.0 cm³/mol. The van der Waals surface area contributed by atoms with Crippen molar-refractivity contribution in [2.45, 2.75) is 20.0 Å². The minimum atomic E-state index is -0.160. The van der Waals surface area contributed by atoms with Gasteiger partial charge in [-0.05, 0) is 32.0 Å². The zero-order valence-corrected chi connectivity index (χ0v) is 11.9. The number of nitrogens with one attached hydrogen (secondary N) is 1. The molecule has 0 spiro atoms. The predicted octanol–water partition coefficient (Wildman–Crippen LogP) is 1.86. The highest BCUT2D eigenvalue weighted by Gasteiger charge is 2.11. The van der Waals surface area contributed by atoms with Gasteiger partial charge in [0, 0.05) is 18.7 Å². The third kappa shape index (κ3) is 4.44. The van der Waals surface area contributed by atoms with Gasteiger partial charge in [0.1, 0.15) is 0 Å². The lowest BCUT2D eigenvalue weighted by atomic mass is 10.2. The van der Waals surface area contributed by atoms with Gasteiger partial charge in [-0.2, -0.15) is 0 Å². The van der Waals surface area contributed by atoms with Gasteiger partial charge >= 0.3 is 0 Å². The van der Waals surface area contributed by atoms with Crippen LogP contribution in [0.15, 0.2) is 18.2 Å². The van der Waals surface area contributed by atoms with Crippen LogP contribution in [0.3, 0.4) is 0 Å². The van der Waals surface area contributed by atoms with Crippen molar-refractivity contribution in [3.8, 4) is 11.5 Å². The average Bonchev–Trinajstić information content (AvgIpc) is 2.44. The monoisotopic (exact) mass is 267 g/mol. The molecule has 5 nitrogen and oxygen atoms in total. The van der Waals surface area contributed by atoms with E-state index in [0.717, 1.165) is 0 Å². The Bertz CT molecular complexity index is 420. The van der Waals surface area contributed by atoms with Gasteiger partial charge < -0.3 is 19.5 Å². The van der Waals surface area contributed by atoms with E-state index in [9.17, 15) is 4.79 Å². The first-order chi connectivity index (χ1) is 9.12. The molecule has 0 aliphatic carbocycles. The molecule has 1 aromatic carbocycles. The SMILES string of the molecule is CCOC(C)CNC(=O)c1ccc(OC)c(OC)c1. The lowest BCUT2D eigenvalue weighted by Gasteiger charge is -2.13. The summed E-state index contributed by atoms with van der Waals surface area (Å²) >= 11 is 0. The Balaban J connectivity index is 2.67. The molecule has 0 saturated carbocycles. The summed E-state index contributed by atoms with van der Waals surface area (Å²) in [6.45, 7) is 4.94. The van der Waals surface area contributed by atoms with Crippen LogP contribution in [-0.4, -0.2) is 39.4 Å². The molecule has 1 rings (SSSR count). The van der Waals surface area contributed by atoms with E-state index in [1.807, 2.05) is 13.8 Å². The molecule has 19 heavy (non-hydrogen) atoms. The molecule has 0 aliphatic rings. The second kappa shape index (κ2) is 7.63. The number of benzene rings is 1. The summed E-state index contributed by atoms with van der Waals surface area (Å²) < 4.78 is 15.6. The Morgan fingerprint density at radius 3 is 2.53 bits per heavy atom. The van der Waals surface area contributed by atoms with Crippen LogP contribution in [0.2, 0.25) is 0 Å². The maximum Gasteiger partial charge on any atom is 0.251 e. The summed E-state index contributed by atoms with van der Waals surface area (Å²) in [4.78, 5) is 12.0. The fourth-order valence-electron chi connectivity index (χ4n) is 1.66. The van der Waals surface area contributed by atoms with Crippen molar-refractivity contribution >= 4 is 5.91 Å². The Hall–Kier alpha value is -1.75. The largest absolute Gasteiger partial charge is 0.493 e. The molecule has 1 unspecified atom stereocenters. The maximum atomic E-state index is 12.0. The number of hydrogen-bond acceptors (Lipinski definition) is 4. The summed E-state index contributed by atoms with van der Waals surface area (Å²) in [5.41, 5.74) is 0.529. The third-order valence-corrected chi connectivity index (χ3v) is 2.65. The molecule has 5 heteroatoms. The smallest absolute Gasteiger partial charge is 0.251 e. The van der Waals surface area contributed by atoms with Crippen molar-refractivity contribution in [3.63, 3.8) is 0 Å². The maximum absolute atomic E-state index is 12.0. The van der Waals surface area contributed by atoms with Crippen LogP contribution in [0, 0.1) is 0 Å². The first kappa shape index (κ1) is 15.3. The van der Waals surface area contributed by atoms with Crippen LogP contribution >= 0.6 is 0 Å². The van der Waals surface area contributed by atoms with E-state index in [1.165, 1.54) is 7.11 Å². The summed E-state index contributed by atoms with van der Waals surface area (Å²) in [6, 6.07) is 5.06. The molecule has 0 radical (unpaired) electrons. The molecule has 1 N–H and O–H groups in total. The van der Waals surface area contributed by atoms with Crippen LogP contribution in [-0.2, 0) is 4.74 Å². The van der Waals surface area contributed by atoms with Crippen molar-refractivity contribution in [2.75, 3.05) is 27.4 Å². The molecule has 106 valence electrons. The molecule has 0 bridgehead atoms. The van der Waals surface area contributed by atoms with Gasteiger partial charge in [-0.1, -0.05) is 0 Å². The molecule has 1 aromatic rings. The number of rotatable bonds is 7. The van der Waals surface area contributed by atoms with Crippen LogP contribution in [0.25, 0.3) is 0 Å². The zero-order chi connectivity index (χ0) is 14.3. The zero-order valence-electron chi connectivity index (χ0n) is 11.9. The lowest BCUT2D eigenvalue weighted by Crippen LogP contribution is -2.32. The van der Waals surface area contributed by atoms with E-state index in [4.69, 9.17) is 14.2 Å². The van der Waals surface area contributed by atoms with Gasteiger partial charge in [0.25, 0.3) is 5.91 Å². The van der Waals surface area contributed by atoms with Crippen molar-refractivity contribution < 1.29 is 19.0 Å². The number of carbonyl (C=O) groups excluding carboxylic acids is 1. The molecule has 0 fully saturated rings. The van der Waals surface area contributed by atoms with Crippen molar-refractivity contribution in [1.29, 1.82) is 0 Å². The van der Waals surface area contributed by atoms with Crippen molar-refractivity contribution in [3.05, 3.63) is 23.8 Å². The van der Waals surface area contributed by atoms with Crippen LogP contribution in [0.4, 0.5) is 0 Å². The summed E-state index contributed by atoms with van der Waals surface area (Å²) in [7, 11) is 3.10. The van der Waals surface area contributed by atoms with E-state index in [0.29, 0.717) is 30.2 Å². The highest BCUT2D eigenvalue weighted by molar-refractivity contribution is 5.94. The molecule has 0 aliphatic heterocycles. The number of methoxy groups -OCH3 is 2. The number of amides is 1. The van der Waals surface area contributed by atoms with Gasteiger partial charge in [0.2, 0.25) is 0 Å². The number of ether oxygens (including phenoxy) is 3. The fraction of sp³-hybridized carbons (Fsp3) is 0.500. The van der Waals surface area contributed by atoms with Crippen LogP contribution < -0.4 is 14.8 Å². The normalized spacial score (nSPS) is 11.8. The van der Waals surface area contributed by atoms with E-state index in [-0.39, 0.29) is 12.0 Å². The molecule has 0 heterocycles. The van der Waals surface area contributed by atoms with E-state index < -0.39 is 0 Å². The number of carbonyl (C=O) groups is 1. The van der Waals surface area contributed by atoms with E-state index >= 15 is 0 Å². The van der Waals surface area contributed by atoms with Gasteiger partial charge in [-0.25, -0.2) is 0 Å². The van der Waals surface area contributed by atoms with Crippen molar-refractivity contribution in [2.24, 2.45) is 0 Å². The second-order valence-corrected chi connectivity index (χ2v) is 4.05. The van der Waals surface area contributed by atoms with Crippen LogP contribution in [0.5, 0.6) is 11.5 Å². The standard InChI is InChI=1S/C14H21NO4/c1-5-19-10(2)9-15-14(16)11-6-7-12(17-3)13(8-11)18-4/h6-8,10H,5,9H2,1-4H3,(H,15,16). The first-order valence-electron chi connectivity index (χ1n) is 6.24. The van der Waals surface area contributed by atoms with Gasteiger partial charge in [-0.15, -0.1) is 0 Å². The molecular formula is C14H21NO4. The van der Waals surface area contributed by atoms with E-state index in [1.54, 1.807) is 25.3 Å². The Kier molecular flexibility index (Phi) is 6.15. The summed E-state index contributed by atoms with van der Waals surface area (Å²) in [6.07, 6.45) is -0.00547. The second-order valence-electron chi connectivity index (χ2n) is 4.05. The first-order valence-corrected chi connectivity index (χ1v) is 6.24. The Morgan fingerprint density at radius 1 is 1.26 bits per heavy atom. The highest BCUT2D eigenvalue weighted by Crippen LogP contribution is 2.27. The third-order valence-electron chi connectivity index (χ3n) is 2.65. The molecule has 1 amide bonds. The topological polar surface area (TPSA) is 56.8 Å². The van der Waals surface area contributed by atoms with Crippen molar-refractivity contribution in [1.82, 2.24) is 5.32 Å². The molecule has 0 aromatic heterocycles.